The summed E-state index contributed by atoms with van der Waals surface area (Å²) in [6.07, 6.45) is 5.96. The Hall–Kier alpha value is -1.27. The molecule has 0 N–H and O–H groups in total. The number of likely N-dealkylation sites (N-methyl/N-ethyl adjacent to an activating group) is 1. The van der Waals surface area contributed by atoms with Gasteiger partial charge in [-0.05, 0) is 31.7 Å². The summed E-state index contributed by atoms with van der Waals surface area (Å²) in [6.45, 7) is 3.83. The zero-order valence-corrected chi connectivity index (χ0v) is 12.8. The molecule has 2 aliphatic heterocycles. The minimum atomic E-state index is -0.382. The van der Waals surface area contributed by atoms with Crippen LogP contribution in [0.3, 0.4) is 0 Å². The van der Waals surface area contributed by atoms with E-state index in [9.17, 15) is 4.39 Å². The van der Waals surface area contributed by atoms with E-state index in [-0.39, 0.29) is 5.82 Å². The van der Waals surface area contributed by atoms with Crippen LogP contribution in [0.1, 0.15) is 19.3 Å². The average molecular weight is 294 g/mol. The summed E-state index contributed by atoms with van der Waals surface area (Å²) < 4.78 is 18.2. The molecule has 1 spiro atoms. The molecule has 0 aliphatic carbocycles. The number of halogens is 1. The molecule has 2 fully saturated rings. The number of piperidine rings is 1. The summed E-state index contributed by atoms with van der Waals surface area (Å²) in [7, 11) is 3.96. The summed E-state index contributed by atoms with van der Waals surface area (Å²) in [6, 6.07) is 0.531. The van der Waals surface area contributed by atoms with Gasteiger partial charge >= 0.3 is 0 Å². The van der Waals surface area contributed by atoms with E-state index >= 15 is 0 Å². The number of hydrogen-bond acceptors (Lipinski definition) is 5. The van der Waals surface area contributed by atoms with E-state index in [0.29, 0.717) is 17.4 Å². The zero-order chi connectivity index (χ0) is 14.9. The van der Waals surface area contributed by atoms with E-state index < -0.39 is 0 Å². The SMILES string of the molecule is COC[C@@H]1CC2(CCN(c3ncc(F)cn3)CC2)CN1C. The second-order valence-corrected chi connectivity index (χ2v) is 6.42. The van der Waals surface area contributed by atoms with E-state index in [2.05, 4.69) is 26.8 Å². The van der Waals surface area contributed by atoms with Crippen molar-refractivity contribution in [3.05, 3.63) is 18.2 Å². The molecule has 21 heavy (non-hydrogen) atoms. The van der Waals surface area contributed by atoms with Gasteiger partial charge in [0.25, 0.3) is 0 Å². The molecule has 5 nitrogen and oxygen atoms in total. The molecule has 1 atom stereocenters. The maximum Gasteiger partial charge on any atom is 0.225 e. The summed E-state index contributed by atoms with van der Waals surface area (Å²) >= 11 is 0. The molecule has 1 aromatic heterocycles. The average Bonchev–Trinajstić information content (AvgIpc) is 2.77. The minimum absolute atomic E-state index is 0.382. The molecule has 0 aromatic carbocycles. The van der Waals surface area contributed by atoms with Crippen molar-refractivity contribution in [3.63, 3.8) is 0 Å². The van der Waals surface area contributed by atoms with Crippen LogP contribution < -0.4 is 4.90 Å². The number of likely N-dealkylation sites (tertiary alicyclic amines) is 1. The first-order valence-corrected chi connectivity index (χ1v) is 7.54. The van der Waals surface area contributed by atoms with Crippen molar-refractivity contribution in [1.29, 1.82) is 0 Å². The molecule has 116 valence electrons. The molecule has 3 rings (SSSR count). The Bertz CT molecular complexity index is 473. The van der Waals surface area contributed by atoms with Crippen LogP contribution in [0.25, 0.3) is 0 Å². The predicted octanol–water partition coefficient (Wildman–Crippen LogP) is 1.55. The van der Waals surface area contributed by atoms with Gasteiger partial charge in [0.15, 0.2) is 5.82 Å². The summed E-state index contributed by atoms with van der Waals surface area (Å²) in [4.78, 5) is 12.8. The van der Waals surface area contributed by atoms with Crippen LogP contribution in [-0.2, 0) is 4.74 Å². The number of ether oxygens (including phenoxy) is 1. The number of methoxy groups -OCH3 is 1. The van der Waals surface area contributed by atoms with Crippen LogP contribution in [0.4, 0.5) is 10.3 Å². The lowest BCUT2D eigenvalue weighted by Crippen LogP contribution is -2.42. The van der Waals surface area contributed by atoms with Crippen molar-refractivity contribution in [1.82, 2.24) is 14.9 Å². The molecule has 1 aromatic rings. The summed E-state index contributed by atoms with van der Waals surface area (Å²) in [5.74, 6) is 0.262. The van der Waals surface area contributed by atoms with Gasteiger partial charge in [-0.25, -0.2) is 14.4 Å². The number of aromatic nitrogens is 2. The predicted molar refractivity (Wildman–Crippen MR) is 78.8 cm³/mol. The highest BCUT2D eigenvalue weighted by atomic mass is 19.1. The van der Waals surface area contributed by atoms with E-state index in [1.54, 1.807) is 7.11 Å². The smallest absolute Gasteiger partial charge is 0.225 e. The largest absolute Gasteiger partial charge is 0.383 e. The zero-order valence-electron chi connectivity index (χ0n) is 12.8. The van der Waals surface area contributed by atoms with Crippen molar-refractivity contribution in [3.8, 4) is 0 Å². The minimum Gasteiger partial charge on any atom is -0.383 e. The molecular weight excluding hydrogens is 271 g/mol. The molecule has 6 heteroatoms. The lowest BCUT2D eigenvalue weighted by molar-refractivity contribution is 0.129. The van der Waals surface area contributed by atoms with Crippen LogP contribution in [0.2, 0.25) is 0 Å². The van der Waals surface area contributed by atoms with Gasteiger partial charge in [-0.1, -0.05) is 0 Å². The van der Waals surface area contributed by atoms with Crippen LogP contribution in [0.15, 0.2) is 12.4 Å². The Kier molecular flexibility index (Phi) is 4.08. The highest BCUT2D eigenvalue weighted by molar-refractivity contribution is 5.30. The quantitative estimate of drug-likeness (QED) is 0.846. The molecule has 2 saturated heterocycles. The molecular formula is C15H23FN4O. The van der Waals surface area contributed by atoms with E-state index in [1.165, 1.54) is 18.8 Å². The Labute approximate surface area is 125 Å². The third kappa shape index (κ3) is 3.01. The highest BCUT2D eigenvalue weighted by Crippen LogP contribution is 2.43. The van der Waals surface area contributed by atoms with Crippen molar-refractivity contribution in [2.24, 2.45) is 5.41 Å². The first-order chi connectivity index (χ1) is 10.1. The van der Waals surface area contributed by atoms with E-state index in [4.69, 9.17) is 4.74 Å². The highest BCUT2D eigenvalue weighted by Gasteiger charge is 2.44. The van der Waals surface area contributed by atoms with Gasteiger partial charge in [0, 0.05) is 32.8 Å². The van der Waals surface area contributed by atoms with Crippen molar-refractivity contribution in [2.45, 2.75) is 25.3 Å². The van der Waals surface area contributed by atoms with Crippen LogP contribution in [0.5, 0.6) is 0 Å². The Morgan fingerprint density at radius 3 is 2.62 bits per heavy atom. The summed E-state index contributed by atoms with van der Waals surface area (Å²) in [5, 5.41) is 0. The maximum absolute atomic E-state index is 12.9. The van der Waals surface area contributed by atoms with Crippen LogP contribution in [0, 0.1) is 11.2 Å². The number of hydrogen-bond donors (Lipinski definition) is 0. The molecule has 3 heterocycles. The van der Waals surface area contributed by atoms with E-state index in [0.717, 1.165) is 39.1 Å². The van der Waals surface area contributed by atoms with Gasteiger partial charge in [-0.2, -0.15) is 0 Å². The molecule has 0 saturated carbocycles. The first-order valence-electron chi connectivity index (χ1n) is 7.54. The molecule has 0 bridgehead atoms. The van der Waals surface area contributed by atoms with Gasteiger partial charge < -0.3 is 14.5 Å². The second-order valence-electron chi connectivity index (χ2n) is 6.42. The topological polar surface area (TPSA) is 41.5 Å². The molecule has 0 amide bonds. The monoisotopic (exact) mass is 294 g/mol. The Balaban J connectivity index is 1.61. The third-order valence-corrected chi connectivity index (χ3v) is 4.95. The van der Waals surface area contributed by atoms with Crippen LogP contribution >= 0.6 is 0 Å². The van der Waals surface area contributed by atoms with Crippen LogP contribution in [-0.4, -0.2) is 61.3 Å². The second kappa shape index (κ2) is 5.85. The standard InChI is InChI=1S/C15H23FN4O/c1-19-11-15(7-13(19)10-21-2)3-5-20(6-4-15)14-17-8-12(16)9-18-14/h8-9,13H,3-7,10-11H2,1-2H3/t13-/m0/s1. The molecule has 0 unspecified atom stereocenters. The lowest BCUT2D eigenvalue weighted by atomic mass is 9.76. The van der Waals surface area contributed by atoms with Crippen molar-refractivity contribution >= 4 is 5.95 Å². The Morgan fingerprint density at radius 1 is 1.33 bits per heavy atom. The van der Waals surface area contributed by atoms with Gasteiger partial charge in [-0.3, -0.25) is 0 Å². The van der Waals surface area contributed by atoms with Gasteiger partial charge in [0.2, 0.25) is 5.95 Å². The Morgan fingerprint density at radius 2 is 2.00 bits per heavy atom. The fourth-order valence-corrected chi connectivity index (χ4v) is 3.77. The molecule has 2 aliphatic rings. The first kappa shape index (κ1) is 14.7. The fourth-order valence-electron chi connectivity index (χ4n) is 3.77. The van der Waals surface area contributed by atoms with Crippen molar-refractivity contribution in [2.75, 3.05) is 45.3 Å². The van der Waals surface area contributed by atoms with Gasteiger partial charge in [0.05, 0.1) is 19.0 Å². The normalized spacial score (nSPS) is 25.7. The third-order valence-electron chi connectivity index (χ3n) is 4.95. The number of rotatable bonds is 3. The maximum atomic E-state index is 12.9. The fraction of sp³-hybridized carbons (Fsp3) is 0.733. The molecule has 0 radical (unpaired) electrons. The lowest BCUT2D eigenvalue weighted by Gasteiger charge is -2.39. The summed E-state index contributed by atoms with van der Waals surface area (Å²) in [5.41, 5.74) is 0.397. The number of nitrogens with zero attached hydrogens (tertiary/aromatic N) is 4. The number of anilines is 1. The van der Waals surface area contributed by atoms with E-state index in [1.807, 2.05) is 0 Å². The van der Waals surface area contributed by atoms with Gasteiger partial charge in [0.1, 0.15) is 0 Å². The van der Waals surface area contributed by atoms with Crippen molar-refractivity contribution < 1.29 is 9.13 Å². The van der Waals surface area contributed by atoms with Gasteiger partial charge in [-0.15, -0.1) is 0 Å².